The molecule has 0 saturated heterocycles. The molecule has 6 heteroatoms. The summed E-state index contributed by atoms with van der Waals surface area (Å²) in [6.07, 6.45) is 1.44. The van der Waals surface area contributed by atoms with Gasteiger partial charge in [0.25, 0.3) is 0 Å². The van der Waals surface area contributed by atoms with Gasteiger partial charge in [0.2, 0.25) is 11.7 Å². The van der Waals surface area contributed by atoms with Crippen molar-refractivity contribution in [3.05, 3.63) is 34.4 Å². The smallest absolute Gasteiger partial charge is 0.229 e. The molecule has 2 aromatic rings. The van der Waals surface area contributed by atoms with E-state index < -0.39 is 6.10 Å². The van der Waals surface area contributed by atoms with Crippen LogP contribution in [0.15, 0.2) is 27.2 Å². The average molecular weight is 329 g/mol. The van der Waals surface area contributed by atoms with Crippen LogP contribution in [0.2, 0.25) is 0 Å². The fraction of sp³-hybridized carbons (Fsp3) is 0.385. The van der Waals surface area contributed by atoms with E-state index in [9.17, 15) is 9.50 Å². The van der Waals surface area contributed by atoms with Crippen molar-refractivity contribution >= 4 is 15.9 Å². The molecule has 0 saturated carbocycles. The maximum Gasteiger partial charge on any atom is 0.229 e. The van der Waals surface area contributed by atoms with Gasteiger partial charge in [-0.05, 0) is 40.5 Å². The molecule has 1 unspecified atom stereocenters. The van der Waals surface area contributed by atoms with Crippen LogP contribution in [0.4, 0.5) is 4.39 Å². The monoisotopic (exact) mass is 328 g/mol. The second kappa shape index (κ2) is 6.25. The fourth-order valence-electron chi connectivity index (χ4n) is 1.75. The van der Waals surface area contributed by atoms with Gasteiger partial charge in [-0.25, -0.2) is 4.39 Å². The molecule has 0 aliphatic rings. The third kappa shape index (κ3) is 3.61. The van der Waals surface area contributed by atoms with Crippen molar-refractivity contribution in [2.75, 3.05) is 0 Å². The van der Waals surface area contributed by atoms with E-state index in [0.717, 1.165) is 6.42 Å². The molecular weight excluding hydrogens is 315 g/mol. The van der Waals surface area contributed by atoms with Gasteiger partial charge in [0.15, 0.2) is 0 Å². The predicted molar refractivity (Wildman–Crippen MR) is 72.0 cm³/mol. The molecule has 0 fully saturated rings. The molecule has 0 amide bonds. The van der Waals surface area contributed by atoms with Crippen LogP contribution in [0, 0.1) is 5.82 Å². The van der Waals surface area contributed by atoms with Gasteiger partial charge in [0.05, 0.1) is 12.5 Å². The molecule has 0 aliphatic heterocycles. The highest BCUT2D eigenvalue weighted by Crippen LogP contribution is 2.26. The number of aliphatic hydroxyl groups excluding tert-OH is 1. The summed E-state index contributed by atoms with van der Waals surface area (Å²) in [5.41, 5.74) is 0.654. The summed E-state index contributed by atoms with van der Waals surface area (Å²) in [5.74, 6) is 0.426. The Hall–Kier alpha value is -1.27. The molecule has 1 N–H and O–H groups in total. The Morgan fingerprint density at radius 3 is 2.95 bits per heavy atom. The summed E-state index contributed by atoms with van der Waals surface area (Å²) in [6.45, 7) is 2.00. The van der Waals surface area contributed by atoms with Gasteiger partial charge >= 0.3 is 0 Å². The Labute approximate surface area is 118 Å². The lowest BCUT2D eigenvalue weighted by Crippen LogP contribution is -2.09. The topological polar surface area (TPSA) is 59.2 Å². The van der Waals surface area contributed by atoms with Gasteiger partial charge in [0.1, 0.15) is 5.82 Å². The second-order valence-corrected chi connectivity index (χ2v) is 5.14. The minimum absolute atomic E-state index is 0.333. The predicted octanol–water partition coefficient (Wildman–Crippen LogP) is 3.34. The quantitative estimate of drug-likeness (QED) is 0.914. The van der Waals surface area contributed by atoms with E-state index in [0.29, 0.717) is 34.6 Å². The van der Waals surface area contributed by atoms with Crippen molar-refractivity contribution in [3.8, 4) is 11.4 Å². The molecular formula is C13H14BrFN2O2. The Morgan fingerprint density at radius 2 is 2.26 bits per heavy atom. The van der Waals surface area contributed by atoms with Crippen LogP contribution in [-0.2, 0) is 6.42 Å². The van der Waals surface area contributed by atoms with Crippen LogP contribution in [0.3, 0.4) is 0 Å². The summed E-state index contributed by atoms with van der Waals surface area (Å²) in [6, 6.07) is 4.26. The molecule has 1 aromatic carbocycles. The minimum atomic E-state index is -0.477. The number of rotatable bonds is 5. The zero-order valence-corrected chi connectivity index (χ0v) is 12.0. The largest absolute Gasteiger partial charge is 0.393 e. The van der Waals surface area contributed by atoms with Gasteiger partial charge in [-0.2, -0.15) is 4.98 Å². The van der Waals surface area contributed by atoms with E-state index >= 15 is 0 Å². The molecule has 0 radical (unpaired) electrons. The number of aliphatic hydroxyl groups is 1. The maximum atomic E-state index is 13.0. The zero-order valence-electron chi connectivity index (χ0n) is 10.4. The molecule has 0 spiro atoms. The van der Waals surface area contributed by atoms with Crippen molar-refractivity contribution in [2.45, 2.75) is 32.3 Å². The van der Waals surface area contributed by atoms with E-state index in [2.05, 4.69) is 26.1 Å². The first kappa shape index (κ1) is 14.1. The third-order valence-corrected chi connectivity index (χ3v) is 3.33. The first-order chi connectivity index (χ1) is 9.10. The molecule has 1 aromatic heterocycles. The first-order valence-electron chi connectivity index (χ1n) is 6.06. The summed E-state index contributed by atoms with van der Waals surface area (Å²) >= 11 is 3.26. The molecule has 1 heterocycles. The molecule has 1 atom stereocenters. The zero-order chi connectivity index (χ0) is 13.8. The standard InChI is InChI=1S/C13H14BrFN2O2/c1-2-3-9(18)7-12-16-13(17-19-12)10-5-4-8(15)6-11(10)14/h4-6,9,18H,2-3,7H2,1H3. The lowest BCUT2D eigenvalue weighted by molar-refractivity contribution is 0.152. The minimum Gasteiger partial charge on any atom is -0.393 e. The highest BCUT2D eigenvalue weighted by atomic mass is 79.9. The van der Waals surface area contributed by atoms with Crippen molar-refractivity contribution in [1.29, 1.82) is 0 Å². The summed E-state index contributed by atoms with van der Waals surface area (Å²) in [5, 5.41) is 13.5. The van der Waals surface area contributed by atoms with Crippen LogP contribution in [0.5, 0.6) is 0 Å². The van der Waals surface area contributed by atoms with Crippen molar-refractivity contribution in [3.63, 3.8) is 0 Å². The van der Waals surface area contributed by atoms with Gasteiger partial charge in [0, 0.05) is 10.0 Å². The van der Waals surface area contributed by atoms with Crippen LogP contribution in [0.1, 0.15) is 25.7 Å². The van der Waals surface area contributed by atoms with Crippen molar-refractivity contribution in [2.24, 2.45) is 0 Å². The molecule has 2 rings (SSSR count). The Kier molecular flexibility index (Phi) is 4.66. The summed E-state index contributed by atoms with van der Waals surface area (Å²) in [4.78, 5) is 4.20. The number of aromatic nitrogens is 2. The average Bonchev–Trinajstić information content (AvgIpc) is 2.77. The van der Waals surface area contributed by atoms with Gasteiger partial charge in [-0.3, -0.25) is 0 Å². The maximum absolute atomic E-state index is 13.0. The normalized spacial score (nSPS) is 12.6. The van der Waals surface area contributed by atoms with Crippen LogP contribution >= 0.6 is 15.9 Å². The van der Waals surface area contributed by atoms with Crippen LogP contribution in [0.25, 0.3) is 11.4 Å². The Balaban J connectivity index is 2.16. The first-order valence-corrected chi connectivity index (χ1v) is 6.85. The van der Waals surface area contributed by atoms with Crippen molar-refractivity contribution in [1.82, 2.24) is 10.1 Å². The van der Waals surface area contributed by atoms with E-state index in [4.69, 9.17) is 4.52 Å². The highest BCUT2D eigenvalue weighted by Gasteiger charge is 2.14. The van der Waals surface area contributed by atoms with E-state index in [-0.39, 0.29) is 5.82 Å². The molecule has 19 heavy (non-hydrogen) atoms. The SMILES string of the molecule is CCCC(O)Cc1nc(-c2ccc(F)cc2Br)no1. The number of hydrogen-bond donors (Lipinski definition) is 1. The number of hydrogen-bond acceptors (Lipinski definition) is 4. The van der Waals surface area contributed by atoms with Gasteiger partial charge in [-0.15, -0.1) is 0 Å². The molecule has 0 bridgehead atoms. The number of nitrogens with zero attached hydrogens (tertiary/aromatic N) is 2. The second-order valence-electron chi connectivity index (χ2n) is 4.28. The summed E-state index contributed by atoms with van der Waals surface area (Å²) < 4.78 is 18.6. The van der Waals surface area contributed by atoms with Crippen LogP contribution < -0.4 is 0 Å². The van der Waals surface area contributed by atoms with Crippen LogP contribution in [-0.4, -0.2) is 21.4 Å². The van der Waals surface area contributed by atoms with E-state index in [1.165, 1.54) is 12.1 Å². The van der Waals surface area contributed by atoms with Crippen molar-refractivity contribution < 1.29 is 14.0 Å². The molecule has 0 aliphatic carbocycles. The lowest BCUT2D eigenvalue weighted by Gasteiger charge is -2.04. The summed E-state index contributed by atoms with van der Waals surface area (Å²) in [7, 11) is 0. The van der Waals surface area contributed by atoms with Gasteiger partial charge in [-0.1, -0.05) is 18.5 Å². The van der Waals surface area contributed by atoms with Gasteiger partial charge < -0.3 is 9.63 Å². The van der Waals surface area contributed by atoms with E-state index in [1.54, 1.807) is 6.07 Å². The van der Waals surface area contributed by atoms with E-state index in [1.807, 2.05) is 6.92 Å². The number of halogens is 2. The Bertz CT molecular complexity index is 559. The number of benzene rings is 1. The molecule has 4 nitrogen and oxygen atoms in total. The third-order valence-electron chi connectivity index (χ3n) is 2.67. The fourth-order valence-corrected chi connectivity index (χ4v) is 2.28. The lowest BCUT2D eigenvalue weighted by atomic mass is 10.1. The molecule has 102 valence electrons. The highest BCUT2D eigenvalue weighted by molar-refractivity contribution is 9.10. The Morgan fingerprint density at radius 1 is 1.47 bits per heavy atom.